The summed E-state index contributed by atoms with van der Waals surface area (Å²) < 4.78 is 29.4. The van der Waals surface area contributed by atoms with E-state index in [9.17, 15) is 8.42 Å². The van der Waals surface area contributed by atoms with Crippen LogP contribution in [0.1, 0.15) is 26.8 Å². The highest BCUT2D eigenvalue weighted by atomic mass is 32.2. The molecule has 0 radical (unpaired) electrons. The number of anilines is 1. The van der Waals surface area contributed by atoms with Crippen LogP contribution in [0.15, 0.2) is 46.7 Å². The van der Waals surface area contributed by atoms with Crippen molar-refractivity contribution in [3.63, 3.8) is 0 Å². The van der Waals surface area contributed by atoms with E-state index < -0.39 is 10.0 Å². The second-order valence-electron chi connectivity index (χ2n) is 5.68. The number of nitrogens with zero attached hydrogens (tertiary/aromatic N) is 3. The molecule has 0 bridgehead atoms. The van der Waals surface area contributed by atoms with Gasteiger partial charge in [0.15, 0.2) is 5.03 Å². The Morgan fingerprint density at radius 3 is 2.73 bits per heavy atom. The maximum Gasteiger partial charge on any atom is 0.283 e. The molecule has 7 heteroatoms. The lowest BCUT2D eigenvalue weighted by atomic mass is 10.3. The fourth-order valence-electron chi connectivity index (χ4n) is 2.48. The van der Waals surface area contributed by atoms with Gasteiger partial charge in [0.2, 0.25) is 0 Å². The van der Waals surface area contributed by atoms with Crippen LogP contribution in [0, 0.1) is 0 Å². The topological polar surface area (TPSA) is 55.2 Å². The SMILES string of the molecule is CC1CSc2ccccc2N1S(=O)(=O)c1cn(C(C)C)cn1. The Kier molecular flexibility index (Phi) is 3.94. The molecule has 0 spiro atoms. The van der Waals surface area contributed by atoms with Crippen LogP contribution in [0.3, 0.4) is 0 Å². The van der Waals surface area contributed by atoms with Crippen LogP contribution < -0.4 is 4.31 Å². The third-order valence-corrected chi connectivity index (χ3v) is 6.80. The number of thioether (sulfide) groups is 1. The highest BCUT2D eigenvalue weighted by Crippen LogP contribution is 2.40. The van der Waals surface area contributed by atoms with E-state index >= 15 is 0 Å². The Morgan fingerprint density at radius 2 is 2.05 bits per heavy atom. The Morgan fingerprint density at radius 1 is 1.32 bits per heavy atom. The number of benzene rings is 1. The Labute approximate surface area is 135 Å². The largest absolute Gasteiger partial charge is 0.334 e. The molecule has 1 aromatic heterocycles. The van der Waals surface area contributed by atoms with Crippen LogP contribution >= 0.6 is 11.8 Å². The third kappa shape index (κ3) is 2.52. The van der Waals surface area contributed by atoms with Crippen LogP contribution in [0.25, 0.3) is 0 Å². The minimum absolute atomic E-state index is 0.103. The monoisotopic (exact) mass is 337 g/mol. The van der Waals surface area contributed by atoms with E-state index in [4.69, 9.17) is 0 Å². The van der Waals surface area contributed by atoms with E-state index in [0.717, 1.165) is 16.3 Å². The molecule has 0 aliphatic carbocycles. The van der Waals surface area contributed by atoms with Crippen molar-refractivity contribution in [1.82, 2.24) is 9.55 Å². The van der Waals surface area contributed by atoms with Crippen LogP contribution in [-0.2, 0) is 10.0 Å². The lowest BCUT2D eigenvalue weighted by Gasteiger charge is -2.34. The third-order valence-electron chi connectivity index (χ3n) is 3.68. The van der Waals surface area contributed by atoms with Crippen LogP contribution in [0.2, 0.25) is 0 Å². The van der Waals surface area contributed by atoms with Gasteiger partial charge >= 0.3 is 0 Å². The first-order chi connectivity index (χ1) is 10.4. The molecule has 2 aromatic rings. The smallest absolute Gasteiger partial charge is 0.283 e. The zero-order chi connectivity index (χ0) is 15.9. The van der Waals surface area contributed by atoms with Crippen LogP contribution in [0.5, 0.6) is 0 Å². The standard InChI is InChI=1S/C15H19N3O2S2/c1-11(2)17-8-15(16-10-17)22(19,20)18-12(3)9-21-14-7-5-4-6-13(14)18/h4-8,10-12H,9H2,1-3H3. The van der Waals surface area contributed by atoms with Gasteiger partial charge < -0.3 is 4.57 Å². The molecule has 1 aliphatic rings. The number of hydrogen-bond acceptors (Lipinski definition) is 4. The van der Waals surface area contributed by atoms with Crippen molar-refractivity contribution >= 4 is 27.5 Å². The lowest BCUT2D eigenvalue weighted by molar-refractivity contribution is 0.578. The number of aromatic nitrogens is 2. The van der Waals surface area contributed by atoms with Gasteiger partial charge in [0.1, 0.15) is 0 Å². The van der Waals surface area contributed by atoms with E-state index in [-0.39, 0.29) is 17.1 Å². The maximum absolute atomic E-state index is 13.0. The summed E-state index contributed by atoms with van der Waals surface area (Å²) in [6.07, 6.45) is 3.18. The number of sulfonamides is 1. The predicted octanol–water partition coefficient (Wildman–Crippen LogP) is 3.15. The summed E-state index contributed by atoms with van der Waals surface area (Å²) in [6.45, 7) is 5.92. The van der Waals surface area contributed by atoms with Gasteiger partial charge in [0, 0.05) is 22.9 Å². The van der Waals surface area contributed by atoms with Crippen molar-refractivity contribution < 1.29 is 8.42 Å². The minimum atomic E-state index is -3.65. The molecular weight excluding hydrogens is 318 g/mol. The molecule has 3 rings (SSSR count). The molecule has 0 saturated heterocycles. The average molecular weight is 337 g/mol. The molecular formula is C15H19N3O2S2. The summed E-state index contributed by atoms with van der Waals surface area (Å²) in [5.41, 5.74) is 0.741. The van der Waals surface area contributed by atoms with E-state index in [1.165, 1.54) is 4.31 Å². The number of fused-ring (bicyclic) bond motifs is 1. The molecule has 5 nitrogen and oxygen atoms in total. The molecule has 1 unspecified atom stereocenters. The number of para-hydroxylation sites is 1. The fourth-order valence-corrected chi connectivity index (χ4v) is 5.29. The highest BCUT2D eigenvalue weighted by molar-refractivity contribution is 8.00. The van der Waals surface area contributed by atoms with Gasteiger partial charge in [0.05, 0.1) is 18.1 Å². The van der Waals surface area contributed by atoms with Crippen LogP contribution in [-0.4, -0.2) is 29.8 Å². The maximum atomic E-state index is 13.0. The number of imidazole rings is 1. The fraction of sp³-hybridized carbons (Fsp3) is 0.400. The molecule has 2 heterocycles. The van der Waals surface area contributed by atoms with Gasteiger partial charge in [-0.2, -0.15) is 8.42 Å². The van der Waals surface area contributed by atoms with Crippen LogP contribution in [0.4, 0.5) is 5.69 Å². The quantitative estimate of drug-likeness (QED) is 0.863. The Bertz CT molecular complexity index is 784. The zero-order valence-electron chi connectivity index (χ0n) is 12.8. The van der Waals surface area contributed by atoms with Crippen molar-refractivity contribution in [3.8, 4) is 0 Å². The van der Waals surface area contributed by atoms with E-state index in [1.54, 1.807) is 24.3 Å². The Balaban J connectivity index is 2.08. The van der Waals surface area contributed by atoms with Crippen molar-refractivity contribution in [2.45, 2.75) is 42.8 Å². The normalized spacial score (nSPS) is 18.5. The molecule has 0 fully saturated rings. The van der Waals surface area contributed by atoms with Gasteiger partial charge in [-0.15, -0.1) is 11.8 Å². The summed E-state index contributed by atoms with van der Waals surface area (Å²) in [5, 5.41) is 0.106. The van der Waals surface area contributed by atoms with E-state index in [1.807, 2.05) is 49.6 Å². The summed E-state index contributed by atoms with van der Waals surface area (Å²) in [4.78, 5) is 5.11. The minimum Gasteiger partial charge on any atom is -0.334 e. The zero-order valence-corrected chi connectivity index (χ0v) is 14.4. The first kappa shape index (κ1) is 15.4. The second-order valence-corrected chi connectivity index (χ2v) is 8.51. The predicted molar refractivity (Wildman–Crippen MR) is 88.9 cm³/mol. The highest BCUT2D eigenvalue weighted by Gasteiger charge is 2.35. The molecule has 118 valence electrons. The summed E-state index contributed by atoms with van der Waals surface area (Å²) in [7, 11) is -3.65. The second kappa shape index (κ2) is 5.62. The Hall–Kier alpha value is -1.47. The summed E-state index contributed by atoms with van der Waals surface area (Å²) in [5.74, 6) is 0.737. The average Bonchev–Trinajstić information content (AvgIpc) is 2.97. The summed E-state index contributed by atoms with van der Waals surface area (Å²) in [6, 6.07) is 7.69. The van der Waals surface area contributed by atoms with E-state index in [0.29, 0.717) is 0 Å². The van der Waals surface area contributed by atoms with Gasteiger partial charge in [-0.05, 0) is 32.9 Å². The van der Waals surface area contributed by atoms with Gasteiger partial charge in [-0.1, -0.05) is 12.1 Å². The molecule has 0 N–H and O–H groups in total. The van der Waals surface area contributed by atoms with Crippen molar-refractivity contribution in [3.05, 3.63) is 36.8 Å². The van der Waals surface area contributed by atoms with Gasteiger partial charge in [-0.25, -0.2) is 4.98 Å². The van der Waals surface area contributed by atoms with Crippen molar-refractivity contribution in [2.75, 3.05) is 10.1 Å². The molecule has 0 amide bonds. The lowest BCUT2D eigenvalue weighted by Crippen LogP contribution is -2.42. The molecule has 1 aromatic carbocycles. The first-order valence-corrected chi connectivity index (χ1v) is 9.63. The molecule has 22 heavy (non-hydrogen) atoms. The van der Waals surface area contributed by atoms with Crippen molar-refractivity contribution in [1.29, 1.82) is 0 Å². The first-order valence-electron chi connectivity index (χ1n) is 7.21. The van der Waals surface area contributed by atoms with Crippen molar-refractivity contribution in [2.24, 2.45) is 0 Å². The molecule has 0 saturated carbocycles. The van der Waals surface area contributed by atoms with E-state index in [2.05, 4.69) is 4.98 Å². The number of hydrogen-bond donors (Lipinski definition) is 0. The molecule has 1 atom stereocenters. The van der Waals surface area contributed by atoms with Gasteiger partial charge in [-0.3, -0.25) is 4.31 Å². The van der Waals surface area contributed by atoms with Gasteiger partial charge in [0.25, 0.3) is 10.0 Å². The number of rotatable bonds is 3. The molecule has 1 aliphatic heterocycles. The summed E-state index contributed by atoms with van der Waals surface area (Å²) >= 11 is 1.69.